The standard InChI is InChI=1S/C13H17NO5/c1-3-14(8(2)6-12(17)18)13(19)10-7-9(15)4-5-11(10)16/h4-5,7-8,15-16H,3,6H2,1-2H3,(H,17,18). The van der Waals surface area contributed by atoms with E-state index in [1.807, 2.05) is 0 Å². The first kappa shape index (κ1) is 14.8. The van der Waals surface area contributed by atoms with Crippen LogP contribution in [-0.2, 0) is 4.79 Å². The Kier molecular flexibility index (Phi) is 4.74. The number of carbonyl (C=O) groups is 2. The predicted octanol–water partition coefficient (Wildman–Crippen LogP) is 1.42. The molecule has 6 nitrogen and oxygen atoms in total. The molecule has 1 amide bonds. The van der Waals surface area contributed by atoms with Crippen molar-refractivity contribution in [1.29, 1.82) is 0 Å². The van der Waals surface area contributed by atoms with Crippen LogP contribution in [0.3, 0.4) is 0 Å². The van der Waals surface area contributed by atoms with Gasteiger partial charge in [-0.25, -0.2) is 0 Å². The smallest absolute Gasteiger partial charge is 0.305 e. The Morgan fingerprint density at radius 2 is 1.95 bits per heavy atom. The van der Waals surface area contributed by atoms with Crippen molar-refractivity contribution in [2.75, 3.05) is 6.54 Å². The Morgan fingerprint density at radius 1 is 1.32 bits per heavy atom. The molecule has 0 aliphatic carbocycles. The Balaban J connectivity index is 3.01. The largest absolute Gasteiger partial charge is 0.508 e. The van der Waals surface area contributed by atoms with Gasteiger partial charge in [-0.1, -0.05) is 0 Å². The fourth-order valence-corrected chi connectivity index (χ4v) is 1.87. The van der Waals surface area contributed by atoms with Gasteiger partial charge < -0.3 is 20.2 Å². The molecular formula is C13H17NO5. The maximum absolute atomic E-state index is 12.2. The number of carboxylic acids is 1. The van der Waals surface area contributed by atoms with E-state index in [2.05, 4.69) is 0 Å². The number of aromatic hydroxyl groups is 2. The van der Waals surface area contributed by atoms with Crippen LogP contribution in [0.5, 0.6) is 11.5 Å². The van der Waals surface area contributed by atoms with Gasteiger partial charge in [0.25, 0.3) is 5.91 Å². The zero-order valence-corrected chi connectivity index (χ0v) is 10.8. The van der Waals surface area contributed by atoms with Crippen LogP contribution >= 0.6 is 0 Å². The molecule has 0 spiro atoms. The number of aliphatic carboxylic acids is 1. The highest BCUT2D eigenvalue weighted by molar-refractivity contribution is 5.97. The molecule has 1 rings (SSSR count). The second-order valence-electron chi connectivity index (χ2n) is 4.24. The average molecular weight is 267 g/mol. The Morgan fingerprint density at radius 3 is 2.47 bits per heavy atom. The summed E-state index contributed by atoms with van der Waals surface area (Å²) in [6.45, 7) is 3.65. The summed E-state index contributed by atoms with van der Waals surface area (Å²) in [7, 11) is 0. The van der Waals surface area contributed by atoms with E-state index < -0.39 is 17.9 Å². The number of phenolic OH excluding ortho intramolecular Hbond substituents is 2. The number of rotatable bonds is 5. The van der Waals surface area contributed by atoms with E-state index in [1.165, 1.54) is 17.0 Å². The minimum atomic E-state index is -1.00. The molecule has 0 saturated heterocycles. The number of hydrogen-bond acceptors (Lipinski definition) is 4. The molecule has 0 aliphatic heterocycles. The highest BCUT2D eigenvalue weighted by Crippen LogP contribution is 2.24. The summed E-state index contributed by atoms with van der Waals surface area (Å²) in [6.07, 6.45) is -0.181. The maximum atomic E-state index is 12.2. The van der Waals surface area contributed by atoms with Crippen molar-refractivity contribution in [2.45, 2.75) is 26.3 Å². The number of phenols is 2. The van der Waals surface area contributed by atoms with Crippen LogP contribution < -0.4 is 0 Å². The molecule has 104 valence electrons. The number of carbonyl (C=O) groups excluding carboxylic acids is 1. The van der Waals surface area contributed by atoms with Gasteiger partial charge in [-0.2, -0.15) is 0 Å². The number of benzene rings is 1. The van der Waals surface area contributed by atoms with Crippen LogP contribution in [0.1, 0.15) is 30.6 Å². The van der Waals surface area contributed by atoms with Crippen molar-refractivity contribution >= 4 is 11.9 Å². The van der Waals surface area contributed by atoms with Crippen molar-refractivity contribution in [3.63, 3.8) is 0 Å². The molecule has 0 radical (unpaired) electrons. The van der Waals surface area contributed by atoms with E-state index in [1.54, 1.807) is 13.8 Å². The van der Waals surface area contributed by atoms with Crippen LogP contribution in [-0.4, -0.2) is 44.7 Å². The Hall–Kier alpha value is -2.24. The number of carboxylic acid groups (broad SMARTS) is 1. The maximum Gasteiger partial charge on any atom is 0.305 e. The Labute approximate surface area is 110 Å². The molecule has 0 aliphatic rings. The van der Waals surface area contributed by atoms with Gasteiger partial charge in [-0.05, 0) is 32.0 Å². The summed E-state index contributed by atoms with van der Waals surface area (Å²) in [5, 5.41) is 27.7. The molecule has 0 heterocycles. The molecule has 0 bridgehead atoms. The monoisotopic (exact) mass is 267 g/mol. The normalized spacial score (nSPS) is 11.9. The average Bonchev–Trinajstić information content (AvgIpc) is 2.32. The van der Waals surface area contributed by atoms with Crippen LogP contribution in [0.4, 0.5) is 0 Å². The lowest BCUT2D eigenvalue weighted by molar-refractivity contribution is -0.138. The van der Waals surface area contributed by atoms with E-state index in [9.17, 15) is 19.8 Å². The predicted molar refractivity (Wildman–Crippen MR) is 68.2 cm³/mol. The van der Waals surface area contributed by atoms with Gasteiger partial charge in [0.2, 0.25) is 0 Å². The van der Waals surface area contributed by atoms with Crippen molar-refractivity contribution in [3.05, 3.63) is 23.8 Å². The zero-order valence-electron chi connectivity index (χ0n) is 10.8. The SMILES string of the molecule is CCN(C(=O)c1cc(O)ccc1O)C(C)CC(=O)O. The van der Waals surface area contributed by atoms with Crippen LogP contribution in [0.2, 0.25) is 0 Å². The Bertz CT molecular complexity index is 486. The first-order valence-electron chi connectivity index (χ1n) is 5.91. The van der Waals surface area contributed by atoms with Gasteiger partial charge in [0.15, 0.2) is 0 Å². The van der Waals surface area contributed by atoms with Crippen LogP contribution in [0.25, 0.3) is 0 Å². The summed E-state index contributed by atoms with van der Waals surface area (Å²) < 4.78 is 0. The molecular weight excluding hydrogens is 250 g/mol. The van der Waals surface area contributed by atoms with Gasteiger partial charge >= 0.3 is 5.97 Å². The van der Waals surface area contributed by atoms with E-state index in [0.717, 1.165) is 6.07 Å². The van der Waals surface area contributed by atoms with Gasteiger partial charge in [0.05, 0.1) is 12.0 Å². The molecule has 0 fully saturated rings. The second kappa shape index (κ2) is 6.08. The van der Waals surface area contributed by atoms with Crippen molar-refractivity contribution in [2.24, 2.45) is 0 Å². The van der Waals surface area contributed by atoms with E-state index in [0.29, 0.717) is 6.54 Å². The number of nitrogens with zero attached hydrogens (tertiary/aromatic N) is 1. The second-order valence-corrected chi connectivity index (χ2v) is 4.24. The highest BCUT2D eigenvalue weighted by Gasteiger charge is 2.24. The number of hydrogen-bond donors (Lipinski definition) is 3. The zero-order chi connectivity index (χ0) is 14.6. The molecule has 6 heteroatoms. The molecule has 1 atom stereocenters. The van der Waals surface area contributed by atoms with E-state index in [4.69, 9.17) is 5.11 Å². The van der Waals surface area contributed by atoms with Crippen molar-refractivity contribution in [1.82, 2.24) is 4.90 Å². The molecule has 3 N–H and O–H groups in total. The van der Waals surface area contributed by atoms with Crippen LogP contribution in [0, 0.1) is 0 Å². The lowest BCUT2D eigenvalue weighted by atomic mass is 10.1. The van der Waals surface area contributed by atoms with Gasteiger partial charge in [-0.3, -0.25) is 9.59 Å². The van der Waals surface area contributed by atoms with Gasteiger partial charge in [0.1, 0.15) is 11.5 Å². The van der Waals surface area contributed by atoms with Crippen molar-refractivity contribution in [3.8, 4) is 11.5 Å². The van der Waals surface area contributed by atoms with Gasteiger partial charge in [0, 0.05) is 12.6 Å². The summed E-state index contributed by atoms with van der Waals surface area (Å²) >= 11 is 0. The summed E-state index contributed by atoms with van der Waals surface area (Å²) in [5.74, 6) is -1.89. The molecule has 1 unspecified atom stereocenters. The molecule has 0 saturated carbocycles. The topological polar surface area (TPSA) is 98.1 Å². The van der Waals surface area contributed by atoms with E-state index in [-0.39, 0.29) is 23.5 Å². The molecule has 0 aromatic heterocycles. The lowest BCUT2D eigenvalue weighted by Crippen LogP contribution is -2.39. The van der Waals surface area contributed by atoms with E-state index >= 15 is 0 Å². The molecule has 1 aromatic carbocycles. The summed E-state index contributed by atoms with van der Waals surface area (Å²) in [5.41, 5.74) is -0.0425. The molecule has 1 aromatic rings. The first-order valence-corrected chi connectivity index (χ1v) is 5.91. The lowest BCUT2D eigenvalue weighted by Gasteiger charge is -2.27. The minimum absolute atomic E-state index is 0.0425. The fourth-order valence-electron chi connectivity index (χ4n) is 1.87. The third-order valence-electron chi connectivity index (χ3n) is 2.81. The molecule has 19 heavy (non-hydrogen) atoms. The summed E-state index contributed by atoms with van der Waals surface area (Å²) in [4.78, 5) is 24.3. The third kappa shape index (κ3) is 3.61. The quantitative estimate of drug-likeness (QED) is 0.701. The fraction of sp³-hybridized carbons (Fsp3) is 0.385. The van der Waals surface area contributed by atoms with Gasteiger partial charge in [-0.15, -0.1) is 0 Å². The first-order chi connectivity index (χ1) is 8.86. The summed E-state index contributed by atoms with van der Waals surface area (Å²) in [6, 6.07) is 3.14. The highest BCUT2D eigenvalue weighted by atomic mass is 16.4. The minimum Gasteiger partial charge on any atom is -0.508 e. The van der Waals surface area contributed by atoms with Crippen LogP contribution in [0.15, 0.2) is 18.2 Å². The third-order valence-corrected chi connectivity index (χ3v) is 2.81. The van der Waals surface area contributed by atoms with Crippen molar-refractivity contribution < 1.29 is 24.9 Å². The number of amides is 1.